The van der Waals surface area contributed by atoms with Gasteiger partial charge in [-0.2, -0.15) is 0 Å². The fourth-order valence-corrected chi connectivity index (χ4v) is 4.01. The first-order valence-corrected chi connectivity index (χ1v) is 8.43. The van der Waals surface area contributed by atoms with Crippen LogP contribution in [0.4, 0.5) is 0 Å². The molecule has 2 fully saturated rings. The van der Waals surface area contributed by atoms with Gasteiger partial charge in [0.2, 0.25) is 0 Å². The van der Waals surface area contributed by atoms with E-state index in [0.29, 0.717) is 5.54 Å². The molecule has 1 aromatic carbocycles. The van der Waals surface area contributed by atoms with E-state index < -0.39 is 0 Å². The zero-order valence-corrected chi connectivity index (χ0v) is 15.1. The van der Waals surface area contributed by atoms with Gasteiger partial charge in [-0.3, -0.25) is 4.90 Å². The van der Waals surface area contributed by atoms with E-state index in [9.17, 15) is 0 Å². The lowest BCUT2D eigenvalue weighted by molar-refractivity contribution is 0.0208. The lowest BCUT2D eigenvalue weighted by atomic mass is 9.79. The van der Waals surface area contributed by atoms with Crippen molar-refractivity contribution in [1.29, 1.82) is 0 Å². The summed E-state index contributed by atoms with van der Waals surface area (Å²) in [6.07, 6.45) is 6.75. The molecule has 1 heterocycles. The molecule has 0 unspecified atom stereocenters. The van der Waals surface area contributed by atoms with Crippen LogP contribution in [-0.2, 0) is 6.54 Å². The Labute approximate surface area is 145 Å². The van der Waals surface area contributed by atoms with Gasteiger partial charge in [0.25, 0.3) is 0 Å². The van der Waals surface area contributed by atoms with E-state index in [1.807, 2.05) is 6.07 Å². The van der Waals surface area contributed by atoms with Crippen LogP contribution in [0.2, 0.25) is 0 Å². The molecule has 130 valence electrons. The van der Waals surface area contributed by atoms with Crippen LogP contribution in [0.3, 0.4) is 0 Å². The Balaban J connectivity index is 0.00000192. The van der Waals surface area contributed by atoms with E-state index in [1.165, 1.54) is 37.7 Å². The van der Waals surface area contributed by atoms with Crippen LogP contribution in [0.25, 0.3) is 0 Å². The zero-order valence-electron chi connectivity index (χ0n) is 14.3. The van der Waals surface area contributed by atoms with Crippen LogP contribution in [0.5, 0.6) is 11.5 Å². The van der Waals surface area contributed by atoms with Crippen molar-refractivity contribution in [1.82, 2.24) is 10.2 Å². The second-order valence-corrected chi connectivity index (χ2v) is 6.60. The molecule has 5 heteroatoms. The molecule has 2 aliphatic rings. The predicted octanol–water partition coefficient (Wildman–Crippen LogP) is 3.23. The largest absolute Gasteiger partial charge is 0.497 e. The summed E-state index contributed by atoms with van der Waals surface area (Å²) in [5.74, 6) is 1.75. The van der Waals surface area contributed by atoms with Crippen molar-refractivity contribution in [3.63, 3.8) is 0 Å². The highest BCUT2D eigenvalue weighted by Crippen LogP contribution is 2.36. The number of nitrogens with one attached hydrogen (secondary N) is 1. The first-order valence-electron chi connectivity index (χ1n) is 8.43. The Hall–Kier alpha value is -0.970. The fourth-order valence-electron chi connectivity index (χ4n) is 4.01. The third-order valence-corrected chi connectivity index (χ3v) is 5.25. The van der Waals surface area contributed by atoms with Gasteiger partial charge in [-0.15, -0.1) is 12.4 Å². The second-order valence-electron chi connectivity index (χ2n) is 6.60. The smallest absolute Gasteiger partial charge is 0.122 e. The summed E-state index contributed by atoms with van der Waals surface area (Å²) in [5, 5.41) is 3.62. The average Bonchev–Trinajstić information content (AvgIpc) is 2.57. The van der Waals surface area contributed by atoms with Crippen LogP contribution >= 0.6 is 12.4 Å². The Morgan fingerprint density at radius 2 is 1.70 bits per heavy atom. The van der Waals surface area contributed by atoms with Crippen LogP contribution < -0.4 is 14.8 Å². The first kappa shape index (κ1) is 18.4. The Kier molecular flexibility index (Phi) is 6.57. The van der Waals surface area contributed by atoms with Gasteiger partial charge in [0.1, 0.15) is 11.5 Å². The molecule has 23 heavy (non-hydrogen) atoms. The summed E-state index contributed by atoms with van der Waals surface area (Å²) in [4.78, 5) is 2.69. The number of hydrogen-bond acceptors (Lipinski definition) is 4. The van der Waals surface area contributed by atoms with Crippen molar-refractivity contribution in [3.8, 4) is 11.5 Å². The van der Waals surface area contributed by atoms with Crippen molar-refractivity contribution in [2.75, 3.05) is 33.9 Å². The molecule has 3 rings (SSSR count). The average molecular weight is 341 g/mol. The highest BCUT2D eigenvalue weighted by molar-refractivity contribution is 5.85. The molecule has 0 aromatic heterocycles. The minimum atomic E-state index is 0. The summed E-state index contributed by atoms with van der Waals surface area (Å²) in [6, 6.07) is 6.22. The molecule has 4 nitrogen and oxygen atoms in total. The second kappa shape index (κ2) is 8.22. The van der Waals surface area contributed by atoms with E-state index in [2.05, 4.69) is 22.3 Å². The Morgan fingerprint density at radius 3 is 2.30 bits per heavy atom. The van der Waals surface area contributed by atoms with Crippen molar-refractivity contribution < 1.29 is 9.47 Å². The van der Waals surface area contributed by atoms with Gasteiger partial charge in [0.15, 0.2) is 0 Å². The lowest BCUT2D eigenvalue weighted by Crippen LogP contribution is -2.61. The SMILES string of the molecule is COc1cc(CN2CCNCC23CCCCC3)cc(OC)c1.Cl. The molecule has 1 saturated heterocycles. The summed E-state index contributed by atoms with van der Waals surface area (Å²) in [7, 11) is 3.43. The van der Waals surface area contributed by atoms with Crippen molar-refractivity contribution in [2.24, 2.45) is 0 Å². The normalized spacial score (nSPS) is 20.8. The quantitative estimate of drug-likeness (QED) is 0.912. The molecule has 1 N–H and O–H groups in total. The number of nitrogens with zero attached hydrogens (tertiary/aromatic N) is 1. The molecule has 0 atom stereocenters. The summed E-state index contributed by atoms with van der Waals surface area (Å²) < 4.78 is 10.8. The molecule has 1 aliphatic carbocycles. The van der Waals surface area contributed by atoms with E-state index in [0.717, 1.165) is 37.7 Å². The highest BCUT2D eigenvalue weighted by Gasteiger charge is 2.39. The van der Waals surface area contributed by atoms with E-state index in [-0.39, 0.29) is 12.4 Å². The van der Waals surface area contributed by atoms with E-state index in [1.54, 1.807) is 14.2 Å². The maximum atomic E-state index is 5.41. The van der Waals surface area contributed by atoms with Crippen molar-refractivity contribution in [2.45, 2.75) is 44.2 Å². The van der Waals surface area contributed by atoms with Gasteiger partial charge < -0.3 is 14.8 Å². The van der Waals surface area contributed by atoms with Gasteiger partial charge in [-0.1, -0.05) is 19.3 Å². The highest BCUT2D eigenvalue weighted by atomic mass is 35.5. The number of hydrogen-bond donors (Lipinski definition) is 1. The van der Waals surface area contributed by atoms with Crippen LogP contribution in [0.15, 0.2) is 18.2 Å². The molecular weight excluding hydrogens is 312 g/mol. The Morgan fingerprint density at radius 1 is 1.04 bits per heavy atom. The van der Waals surface area contributed by atoms with Gasteiger partial charge in [-0.25, -0.2) is 0 Å². The van der Waals surface area contributed by atoms with E-state index >= 15 is 0 Å². The molecule has 1 aromatic rings. The van der Waals surface area contributed by atoms with E-state index in [4.69, 9.17) is 9.47 Å². The summed E-state index contributed by atoms with van der Waals surface area (Å²) >= 11 is 0. The summed E-state index contributed by atoms with van der Waals surface area (Å²) in [5.41, 5.74) is 1.63. The third kappa shape index (κ3) is 4.11. The van der Waals surface area contributed by atoms with Gasteiger partial charge in [0.05, 0.1) is 14.2 Å². The van der Waals surface area contributed by atoms with Crippen LogP contribution in [-0.4, -0.2) is 44.3 Å². The minimum Gasteiger partial charge on any atom is -0.497 e. The number of methoxy groups -OCH3 is 2. The van der Waals surface area contributed by atoms with Crippen LogP contribution in [0.1, 0.15) is 37.7 Å². The maximum absolute atomic E-state index is 5.41. The third-order valence-electron chi connectivity index (χ3n) is 5.25. The predicted molar refractivity (Wildman–Crippen MR) is 95.9 cm³/mol. The number of piperazine rings is 1. The molecule has 1 aliphatic heterocycles. The summed E-state index contributed by atoms with van der Waals surface area (Å²) in [6.45, 7) is 4.33. The maximum Gasteiger partial charge on any atom is 0.122 e. The first-order chi connectivity index (χ1) is 10.8. The van der Waals surface area contributed by atoms with Crippen molar-refractivity contribution >= 4 is 12.4 Å². The number of halogens is 1. The molecule has 0 radical (unpaired) electrons. The van der Waals surface area contributed by atoms with Gasteiger partial charge in [-0.05, 0) is 30.5 Å². The monoisotopic (exact) mass is 340 g/mol. The lowest BCUT2D eigenvalue weighted by Gasteiger charge is -2.50. The molecule has 1 saturated carbocycles. The molecule has 0 amide bonds. The standard InChI is InChI=1S/C18H28N2O2.ClH/c1-21-16-10-15(11-17(12-16)22-2)13-20-9-8-19-14-18(20)6-4-3-5-7-18;/h10-12,19H,3-9,13-14H2,1-2H3;1H. The number of ether oxygens (including phenoxy) is 2. The van der Waals surface area contributed by atoms with Gasteiger partial charge >= 0.3 is 0 Å². The zero-order chi connectivity index (χ0) is 15.4. The molecule has 1 spiro atoms. The van der Waals surface area contributed by atoms with Gasteiger partial charge in [0, 0.05) is 37.8 Å². The fraction of sp³-hybridized carbons (Fsp3) is 0.667. The number of rotatable bonds is 4. The van der Waals surface area contributed by atoms with Crippen LogP contribution in [0, 0.1) is 0 Å². The number of benzene rings is 1. The molecular formula is C18H29ClN2O2. The van der Waals surface area contributed by atoms with Crippen molar-refractivity contribution in [3.05, 3.63) is 23.8 Å². The minimum absolute atomic E-state index is 0. The topological polar surface area (TPSA) is 33.7 Å². The molecule has 0 bridgehead atoms. The Bertz CT molecular complexity index is 473.